The fourth-order valence-corrected chi connectivity index (χ4v) is 3.99. The van der Waals surface area contributed by atoms with Gasteiger partial charge >= 0.3 is 14.2 Å². The molecule has 0 amide bonds. The third-order valence-corrected chi connectivity index (χ3v) is 7.44. The topological polar surface area (TPSA) is 36.9 Å². The summed E-state index contributed by atoms with van der Waals surface area (Å²) in [5.41, 5.74) is 2.08. The molecule has 2 aliphatic rings. The van der Waals surface area contributed by atoms with Crippen LogP contribution in [0.15, 0.2) is 60.7 Å². The van der Waals surface area contributed by atoms with E-state index in [0.29, 0.717) is 0 Å². The zero-order valence-electron chi connectivity index (χ0n) is 20.6. The van der Waals surface area contributed by atoms with Crippen LogP contribution < -0.4 is 0 Å². The lowest BCUT2D eigenvalue weighted by Gasteiger charge is -2.32. The Bertz CT molecular complexity index is 884. The average Bonchev–Trinajstić information content (AvgIpc) is 3.06. The van der Waals surface area contributed by atoms with E-state index in [1.165, 1.54) is 0 Å². The Morgan fingerprint density at radius 2 is 0.719 bits per heavy atom. The van der Waals surface area contributed by atoms with Crippen molar-refractivity contribution in [1.82, 2.24) is 0 Å². The van der Waals surface area contributed by atoms with Crippen LogP contribution in [0.2, 0.25) is 0 Å². The van der Waals surface area contributed by atoms with Crippen molar-refractivity contribution in [2.45, 2.75) is 77.8 Å². The van der Waals surface area contributed by atoms with Crippen molar-refractivity contribution in [3.8, 4) is 0 Å². The molecular weight excluding hydrogens is 398 g/mol. The molecule has 2 aromatic rings. The SMILES string of the molecule is CC1(C)OB(/C(=C(\B2OC(C)(C)C(C)(C)O2)c2ccccc2)c2ccccc2)OC1(C)C. The van der Waals surface area contributed by atoms with Gasteiger partial charge in [-0.3, -0.25) is 0 Å². The molecule has 0 atom stereocenters. The Kier molecular flexibility index (Phi) is 5.74. The van der Waals surface area contributed by atoms with Crippen LogP contribution in [0.3, 0.4) is 0 Å². The second kappa shape index (κ2) is 7.88. The molecule has 2 aromatic carbocycles. The molecule has 168 valence electrons. The first kappa shape index (κ1) is 23.3. The van der Waals surface area contributed by atoms with E-state index in [2.05, 4.69) is 79.7 Å². The molecule has 0 radical (unpaired) electrons. The fourth-order valence-electron chi connectivity index (χ4n) is 3.99. The maximum absolute atomic E-state index is 6.56. The van der Waals surface area contributed by atoms with Crippen LogP contribution in [-0.2, 0) is 18.6 Å². The molecule has 2 saturated heterocycles. The van der Waals surface area contributed by atoms with E-state index in [4.69, 9.17) is 18.6 Å². The Hall–Kier alpha value is -1.85. The van der Waals surface area contributed by atoms with Crippen LogP contribution in [0.1, 0.15) is 66.5 Å². The van der Waals surface area contributed by atoms with Crippen LogP contribution in [0.25, 0.3) is 10.9 Å². The molecule has 0 unspecified atom stereocenters. The van der Waals surface area contributed by atoms with Gasteiger partial charge in [0.1, 0.15) is 0 Å². The highest BCUT2D eigenvalue weighted by Crippen LogP contribution is 2.46. The van der Waals surface area contributed by atoms with Gasteiger partial charge in [0.25, 0.3) is 0 Å². The summed E-state index contributed by atoms with van der Waals surface area (Å²) >= 11 is 0. The number of benzene rings is 2. The first-order chi connectivity index (χ1) is 14.8. The third kappa shape index (κ3) is 3.99. The predicted molar refractivity (Wildman–Crippen MR) is 132 cm³/mol. The van der Waals surface area contributed by atoms with Gasteiger partial charge in [0.2, 0.25) is 0 Å². The van der Waals surface area contributed by atoms with E-state index < -0.39 is 36.6 Å². The van der Waals surface area contributed by atoms with Crippen molar-refractivity contribution in [1.29, 1.82) is 0 Å². The Labute approximate surface area is 193 Å². The van der Waals surface area contributed by atoms with E-state index in [0.717, 1.165) is 22.1 Å². The summed E-state index contributed by atoms with van der Waals surface area (Å²) in [6, 6.07) is 20.5. The van der Waals surface area contributed by atoms with Gasteiger partial charge in [-0.2, -0.15) is 0 Å². The van der Waals surface area contributed by atoms with E-state index in [1.54, 1.807) is 0 Å². The number of hydrogen-bond donors (Lipinski definition) is 0. The van der Waals surface area contributed by atoms with E-state index in [9.17, 15) is 0 Å². The summed E-state index contributed by atoms with van der Waals surface area (Å²) in [5.74, 6) is 0. The average molecular weight is 432 g/mol. The molecule has 2 fully saturated rings. The summed E-state index contributed by atoms with van der Waals surface area (Å²) in [5, 5.41) is 0. The molecule has 2 heterocycles. The molecule has 0 aromatic heterocycles. The molecule has 0 bridgehead atoms. The fraction of sp³-hybridized carbons (Fsp3) is 0.462. The number of hydrogen-bond acceptors (Lipinski definition) is 4. The van der Waals surface area contributed by atoms with Gasteiger partial charge in [0.05, 0.1) is 22.4 Å². The third-order valence-electron chi connectivity index (χ3n) is 7.44. The van der Waals surface area contributed by atoms with Gasteiger partial charge in [0.15, 0.2) is 0 Å². The molecule has 0 saturated carbocycles. The minimum atomic E-state index is -0.559. The molecule has 4 rings (SSSR count). The van der Waals surface area contributed by atoms with Gasteiger partial charge < -0.3 is 18.6 Å². The van der Waals surface area contributed by atoms with Crippen LogP contribution in [-0.4, -0.2) is 36.6 Å². The van der Waals surface area contributed by atoms with Crippen LogP contribution in [0, 0.1) is 0 Å². The highest BCUT2D eigenvalue weighted by Gasteiger charge is 2.57. The van der Waals surface area contributed by atoms with E-state index in [1.807, 2.05) is 36.4 Å². The minimum Gasteiger partial charge on any atom is -0.399 e. The first-order valence-corrected chi connectivity index (χ1v) is 11.4. The zero-order valence-corrected chi connectivity index (χ0v) is 20.6. The maximum Gasteiger partial charge on any atom is 0.495 e. The quantitative estimate of drug-likeness (QED) is 0.448. The van der Waals surface area contributed by atoms with E-state index in [-0.39, 0.29) is 0 Å². The van der Waals surface area contributed by atoms with Crippen molar-refractivity contribution in [3.63, 3.8) is 0 Å². The van der Waals surface area contributed by atoms with Crippen molar-refractivity contribution >= 4 is 25.2 Å². The zero-order chi connectivity index (χ0) is 23.4. The monoisotopic (exact) mass is 432 g/mol. The smallest absolute Gasteiger partial charge is 0.399 e. The summed E-state index contributed by atoms with van der Waals surface area (Å²) in [7, 11) is -1.12. The summed E-state index contributed by atoms with van der Waals surface area (Å²) < 4.78 is 26.2. The molecule has 2 aliphatic heterocycles. The van der Waals surface area contributed by atoms with Gasteiger partial charge in [0, 0.05) is 0 Å². The van der Waals surface area contributed by atoms with Gasteiger partial charge in [-0.25, -0.2) is 0 Å². The van der Waals surface area contributed by atoms with Crippen molar-refractivity contribution in [2.24, 2.45) is 0 Å². The Morgan fingerprint density at radius 3 is 0.969 bits per heavy atom. The molecule has 0 spiro atoms. The maximum atomic E-state index is 6.56. The van der Waals surface area contributed by atoms with Gasteiger partial charge in [-0.15, -0.1) is 0 Å². The number of rotatable bonds is 4. The molecular formula is C26H34B2O4. The Balaban J connectivity index is 1.96. The van der Waals surface area contributed by atoms with Crippen molar-refractivity contribution in [3.05, 3.63) is 71.8 Å². The summed E-state index contributed by atoms with van der Waals surface area (Å²) in [6.07, 6.45) is 0. The van der Waals surface area contributed by atoms with Crippen LogP contribution in [0.5, 0.6) is 0 Å². The van der Waals surface area contributed by atoms with E-state index >= 15 is 0 Å². The predicted octanol–water partition coefficient (Wildman–Crippen LogP) is 5.86. The van der Waals surface area contributed by atoms with Crippen LogP contribution in [0.4, 0.5) is 0 Å². The Morgan fingerprint density at radius 1 is 0.469 bits per heavy atom. The second-order valence-electron chi connectivity index (χ2n) is 10.7. The molecule has 6 heteroatoms. The lowest BCUT2D eigenvalue weighted by molar-refractivity contribution is 0.00578. The highest BCUT2D eigenvalue weighted by atomic mass is 16.7. The standard InChI is InChI=1S/C26H34B2O4/c1-23(2)24(3,4)30-27(29-23)21(19-15-11-9-12-16-19)22(20-17-13-10-14-18-20)28-31-25(5,6)26(7,8)32-28/h9-18H,1-8H3/b22-21-. The lowest BCUT2D eigenvalue weighted by atomic mass is 9.60. The summed E-state index contributed by atoms with van der Waals surface area (Å²) in [6.45, 7) is 16.6. The normalized spacial score (nSPS) is 23.9. The minimum absolute atomic E-state index is 0.463. The molecule has 0 N–H and O–H groups in total. The second-order valence-corrected chi connectivity index (χ2v) is 10.7. The van der Waals surface area contributed by atoms with Crippen LogP contribution >= 0.6 is 0 Å². The molecule has 4 nitrogen and oxygen atoms in total. The first-order valence-electron chi connectivity index (χ1n) is 11.4. The largest absolute Gasteiger partial charge is 0.495 e. The molecule has 32 heavy (non-hydrogen) atoms. The van der Waals surface area contributed by atoms with Crippen molar-refractivity contribution in [2.75, 3.05) is 0 Å². The highest BCUT2D eigenvalue weighted by molar-refractivity contribution is 6.82. The molecule has 0 aliphatic carbocycles. The summed E-state index contributed by atoms with van der Waals surface area (Å²) in [4.78, 5) is 0. The van der Waals surface area contributed by atoms with Crippen molar-refractivity contribution < 1.29 is 18.6 Å². The van der Waals surface area contributed by atoms with Gasteiger partial charge in [-0.1, -0.05) is 60.7 Å². The lowest BCUT2D eigenvalue weighted by Crippen LogP contribution is -2.41. The van der Waals surface area contributed by atoms with Gasteiger partial charge in [-0.05, 0) is 77.5 Å².